The van der Waals surface area contributed by atoms with Gasteiger partial charge in [0.2, 0.25) is 0 Å². The van der Waals surface area contributed by atoms with Crippen LogP contribution in [0.3, 0.4) is 0 Å². The normalized spacial score (nSPS) is 14.9. The Kier molecular flexibility index (Phi) is 4.34. The molecule has 1 aliphatic rings. The number of pyridine rings is 2. The number of nitrogens with zero attached hydrogens (tertiary/aromatic N) is 3. The maximum atomic E-state index is 12.8. The fourth-order valence-electron chi connectivity index (χ4n) is 2.27. The smallest absolute Gasteiger partial charge is 0.141 e. The number of hydrogen-bond acceptors (Lipinski definition) is 6. The molecule has 0 amide bonds. The number of morpholine rings is 1. The molecular formula is C15H18FN5O. The van der Waals surface area contributed by atoms with Crippen LogP contribution < -0.4 is 16.0 Å². The summed E-state index contributed by atoms with van der Waals surface area (Å²) in [5.74, 6) is 0.522. The molecule has 3 heterocycles. The molecule has 116 valence electrons. The molecule has 0 radical (unpaired) electrons. The molecule has 7 heteroatoms. The van der Waals surface area contributed by atoms with Crippen LogP contribution in [0.5, 0.6) is 0 Å². The van der Waals surface area contributed by atoms with E-state index in [4.69, 9.17) is 10.5 Å². The highest BCUT2D eigenvalue weighted by atomic mass is 19.1. The maximum absolute atomic E-state index is 12.8. The number of nitrogen functional groups attached to an aromatic ring is 1. The number of anilines is 3. The van der Waals surface area contributed by atoms with Gasteiger partial charge in [-0.25, -0.2) is 9.37 Å². The van der Waals surface area contributed by atoms with Crippen molar-refractivity contribution in [2.75, 3.05) is 42.3 Å². The van der Waals surface area contributed by atoms with Gasteiger partial charge in [-0.2, -0.15) is 0 Å². The Morgan fingerprint density at radius 2 is 2.05 bits per heavy atom. The number of aromatic nitrogens is 2. The molecular weight excluding hydrogens is 285 g/mol. The zero-order chi connectivity index (χ0) is 15.4. The van der Waals surface area contributed by atoms with Crippen molar-refractivity contribution in [3.05, 3.63) is 42.1 Å². The third-order valence-corrected chi connectivity index (χ3v) is 3.50. The van der Waals surface area contributed by atoms with Crippen molar-refractivity contribution in [3.8, 4) is 0 Å². The van der Waals surface area contributed by atoms with Gasteiger partial charge in [-0.05, 0) is 12.1 Å². The Balaban J connectivity index is 1.70. The zero-order valence-corrected chi connectivity index (χ0v) is 12.1. The number of nitrogens with one attached hydrogen (secondary N) is 1. The molecule has 1 saturated heterocycles. The lowest BCUT2D eigenvalue weighted by molar-refractivity contribution is 0.122. The molecule has 0 aliphatic carbocycles. The van der Waals surface area contributed by atoms with E-state index >= 15 is 0 Å². The molecule has 22 heavy (non-hydrogen) atoms. The minimum atomic E-state index is -0.346. The Morgan fingerprint density at radius 3 is 2.77 bits per heavy atom. The highest BCUT2D eigenvalue weighted by Gasteiger charge is 2.13. The molecule has 1 fully saturated rings. The van der Waals surface area contributed by atoms with E-state index in [0.29, 0.717) is 25.4 Å². The summed E-state index contributed by atoms with van der Waals surface area (Å²) < 4.78 is 18.2. The zero-order valence-electron chi connectivity index (χ0n) is 12.1. The first-order valence-corrected chi connectivity index (χ1v) is 7.15. The van der Waals surface area contributed by atoms with Crippen LogP contribution in [-0.4, -0.2) is 36.3 Å². The largest absolute Gasteiger partial charge is 0.396 e. The van der Waals surface area contributed by atoms with Gasteiger partial charge in [-0.15, -0.1) is 0 Å². The molecule has 1 aliphatic heterocycles. The lowest BCUT2D eigenvalue weighted by Gasteiger charge is -2.28. The Morgan fingerprint density at radius 1 is 1.23 bits per heavy atom. The van der Waals surface area contributed by atoms with Crippen molar-refractivity contribution in [2.45, 2.75) is 6.54 Å². The molecule has 3 N–H and O–H groups in total. The van der Waals surface area contributed by atoms with Crippen LogP contribution in [0, 0.1) is 5.82 Å². The van der Waals surface area contributed by atoms with Crippen LogP contribution >= 0.6 is 0 Å². The van der Waals surface area contributed by atoms with Crippen molar-refractivity contribution in [3.63, 3.8) is 0 Å². The molecule has 0 unspecified atom stereocenters. The molecule has 2 aromatic rings. The summed E-state index contributed by atoms with van der Waals surface area (Å²) in [6.07, 6.45) is 2.84. The topological polar surface area (TPSA) is 76.3 Å². The van der Waals surface area contributed by atoms with Crippen LogP contribution in [0.4, 0.5) is 21.6 Å². The summed E-state index contributed by atoms with van der Waals surface area (Å²) in [5, 5.41) is 3.22. The van der Waals surface area contributed by atoms with E-state index in [-0.39, 0.29) is 5.82 Å². The van der Waals surface area contributed by atoms with Crippen molar-refractivity contribution in [2.24, 2.45) is 0 Å². The second kappa shape index (κ2) is 6.57. The summed E-state index contributed by atoms with van der Waals surface area (Å²) in [5.41, 5.74) is 8.06. The molecule has 0 atom stereocenters. The van der Waals surface area contributed by atoms with Crippen molar-refractivity contribution < 1.29 is 9.13 Å². The SMILES string of the molecule is Nc1cnc(N2CCOCC2)cc1NCc1ccc(F)cn1. The van der Waals surface area contributed by atoms with E-state index in [1.807, 2.05) is 6.07 Å². The Labute approximate surface area is 128 Å². The van der Waals surface area contributed by atoms with Gasteiger partial charge in [-0.1, -0.05) is 0 Å². The third kappa shape index (κ3) is 3.43. The maximum Gasteiger partial charge on any atom is 0.141 e. The monoisotopic (exact) mass is 303 g/mol. The van der Waals surface area contributed by atoms with Crippen molar-refractivity contribution in [1.29, 1.82) is 0 Å². The van der Waals surface area contributed by atoms with Crippen LogP contribution in [0.1, 0.15) is 5.69 Å². The summed E-state index contributed by atoms with van der Waals surface area (Å²) in [6.45, 7) is 3.51. The van der Waals surface area contributed by atoms with E-state index in [2.05, 4.69) is 20.2 Å². The van der Waals surface area contributed by atoms with Crippen molar-refractivity contribution in [1.82, 2.24) is 9.97 Å². The minimum Gasteiger partial charge on any atom is -0.396 e. The van der Waals surface area contributed by atoms with Gasteiger partial charge in [0.1, 0.15) is 11.6 Å². The predicted molar refractivity (Wildman–Crippen MR) is 83.2 cm³/mol. The Hall–Kier alpha value is -2.41. The fraction of sp³-hybridized carbons (Fsp3) is 0.333. The van der Waals surface area contributed by atoms with Gasteiger partial charge in [0.05, 0.1) is 49.2 Å². The summed E-state index contributed by atoms with van der Waals surface area (Å²) in [7, 11) is 0. The van der Waals surface area contributed by atoms with E-state index in [0.717, 1.165) is 30.3 Å². The molecule has 0 spiro atoms. The van der Waals surface area contributed by atoms with E-state index in [1.54, 1.807) is 12.3 Å². The molecule has 0 aromatic carbocycles. The minimum absolute atomic E-state index is 0.346. The van der Waals surface area contributed by atoms with E-state index < -0.39 is 0 Å². The van der Waals surface area contributed by atoms with Gasteiger partial charge < -0.3 is 20.7 Å². The van der Waals surface area contributed by atoms with Crippen LogP contribution in [-0.2, 0) is 11.3 Å². The number of halogens is 1. The molecule has 3 rings (SSSR count). The lowest BCUT2D eigenvalue weighted by Crippen LogP contribution is -2.36. The van der Waals surface area contributed by atoms with Gasteiger partial charge in [0, 0.05) is 19.2 Å². The molecule has 2 aromatic heterocycles. The summed E-state index contributed by atoms with van der Waals surface area (Å²) >= 11 is 0. The lowest BCUT2D eigenvalue weighted by atomic mass is 10.3. The highest BCUT2D eigenvalue weighted by molar-refractivity contribution is 5.69. The van der Waals surface area contributed by atoms with Crippen LogP contribution in [0.25, 0.3) is 0 Å². The standard InChI is InChI=1S/C15H18FN5O/c16-11-1-2-12(18-8-11)9-19-14-7-15(20-10-13(14)17)21-3-5-22-6-4-21/h1-2,7-8,10H,3-6,9,17H2,(H,19,20). The number of rotatable bonds is 4. The van der Waals surface area contributed by atoms with E-state index in [1.165, 1.54) is 12.3 Å². The molecule has 0 saturated carbocycles. The first kappa shape index (κ1) is 14.5. The average Bonchev–Trinajstić information content (AvgIpc) is 2.56. The van der Waals surface area contributed by atoms with Crippen LogP contribution in [0.2, 0.25) is 0 Å². The van der Waals surface area contributed by atoms with Gasteiger partial charge >= 0.3 is 0 Å². The molecule has 6 nitrogen and oxygen atoms in total. The second-order valence-corrected chi connectivity index (χ2v) is 5.05. The van der Waals surface area contributed by atoms with Gasteiger partial charge in [-0.3, -0.25) is 4.98 Å². The third-order valence-electron chi connectivity index (χ3n) is 3.50. The van der Waals surface area contributed by atoms with E-state index in [9.17, 15) is 4.39 Å². The average molecular weight is 303 g/mol. The number of hydrogen-bond donors (Lipinski definition) is 2. The highest BCUT2D eigenvalue weighted by Crippen LogP contribution is 2.24. The van der Waals surface area contributed by atoms with Crippen molar-refractivity contribution >= 4 is 17.2 Å². The summed E-state index contributed by atoms with van der Waals surface area (Å²) in [4.78, 5) is 10.5. The van der Waals surface area contributed by atoms with Gasteiger partial charge in [0.15, 0.2) is 0 Å². The first-order chi connectivity index (χ1) is 10.7. The number of ether oxygens (including phenoxy) is 1. The Bertz CT molecular complexity index is 628. The first-order valence-electron chi connectivity index (χ1n) is 7.15. The van der Waals surface area contributed by atoms with Gasteiger partial charge in [0.25, 0.3) is 0 Å². The quantitative estimate of drug-likeness (QED) is 0.894. The molecule has 0 bridgehead atoms. The summed E-state index contributed by atoms with van der Waals surface area (Å²) in [6, 6.07) is 4.95. The predicted octanol–water partition coefficient (Wildman–Crippen LogP) is 1.65. The second-order valence-electron chi connectivity index (χ2n) is 5.05. The number of nitrogens with two attached hydrogens (primary N) is 1. The van der Waals surface area contributed by atoms with Crippen LogP contribution in [0.15, 0.2) is 30.6 Å². The fourth-order valence-corrected chi connectivity index (χ4v) is 2.27.